The molecule has 0 radical (unpaired) electrons. The standard InChI is InChI=1S/C24H24O5/c1-15-12-21(18(4)17(3)16(15)2)22(25)14-28-24(26)23-11-10-20(29-23)13-27-19-8-6-5-7-9-19/h5-12H,13-14H2,1-4H3. The lowest BCUT2D eigenvalue weighted by atomic mass is 9.93. The Morgan fingerprint density at radius 2 is 1.62 bits per heavy atom. The molecule has 3 aromatic rings. The molecular weight excluding hydrogens is 368 g/mol. The molecule has 0 saturated heterocycles. The number of hydrogen-bond donors (Lipinski definition) is 0. The highest BCUT2D eigenvalue weighted by Gasteiger charge is 2.18. The second-order valence-electron chi connectivity index (χ2n) is 6.98. The van der Waals surface area contributed by atoms with Gasteiger partial charge in [0.15, 0.2) is 6.61 Å². The third kappa shape index (κ3) is 4.74. The molecular formula is C24H24O5. The molecule has 3 rings (SSSR count). The summed E-state index contributed by atoms with van der Waals surface area (Å²) in [5.41, 5.74) is 4.77. The van der Waals surface area contributed by atoms with Crippen LogP contribution in [-0.4, -0.2) is 18.4 Å². The lowest BCUT2D eigenvalue weighted by Crippen LogP contribution is -2.16. The summed E-state index contributed by atoms with van der Waals surface area (Å²) in [5, 5.41) is 0. The van der Waals surface area contributed by atoms with Gasteiger partial charge in [0, 0.05) is 5.56 Å². The van der Waals surface area contributed by atoms with E-state index in [1.165, 1.54) is 6.07 Å². The largest absolute Gasteiger partial charge is 0.486 e. The van der Waals surface area contributed by atoms with E-state index in [2.05, 4.69) is 0 Å². The predicted octanol–water partition coefficient (Wildman–Crippen LogP) is 5.13. The number of Topliss-reactive ketones (excluding diaryl/α,β-unsaturated/α-hetero) is 1. The molecule has 0 aliphatic carbocycles. The van der Waals surface area contributed by atoms with Crippen LogP contribution in [0.3, 0.4) is 0 Å². The van der Waals surface area contributed by atoms with Gasteiger partial charge in [-0.2, -0.15) is 0 Å². The van der Waals surface area contributed by atoms with Gasteiger partial charge < -0.3 is 13.9 Å². The van der Waals surface area contributed by atoms with Crippen molar-refractivity contribution in [3.8, 4) is 5.75 Å². The predicted molar refractivity (Wildman–Crippen MR) is 109 cm³/mol. The summed E-state index contributed by atoms with van der Waals surface area (Å²) in [7, 11) is 0. The number of carbonyl (C=O) groups excluding carboxylic acids is 2. The van der Waals surface area contributed by atoms with Crippen molar-refractivity contribution < 1.29 is 23.5 Å². The van der Waals surface area contributed by atoms with Crippen LogP contribution >= 0.6 is 0 Å². The third-order valence-corrected chi connectivity index (χ3v) is 5.10. The van der Waals surface area contributed by atoms with Gasteiger partial charge in [-0.1, -0.05) is 18.2 Å². The molecule has 1 aromatic heterocycles. The van der Waals surface area contributed by atoms with Crippen LogP contribution in [0.15, 0.2) is 52.9 Å². The van der Waals surface area contributed by atoms with Gasteiger partial charge in [0.25, 0.3) is 0 Å². The maximum absolute atomic E-state index is 12.6. The summed E-state index contributed by atoms with van der Waals surface area (Å²) < 4.78 is 16.2. The van der Waals surface area contributed by atoms with Crippen LogP contribution in [0.5, 0.6) is 5.75 Å². The molecule has 0 N–H and O–H groups in total. The highest BCUT2D eigenvalue weighted by Crippen LogP contribution is 2.22. The van der Waals surface area contributed by atoms with Crippen LogP contribution in [0.25, 0.3) is 0 Å². The maximum Gasteiger partial charge on any atom is 0.374 e. The number of furan rings is 1. The molecule has 0 spiro atoms. The van der Waals surface area contributed by atoms with Crippen LogP contribution in [0.4, 0.5) is 0 Å². The molecule has 0 fully saturated rings. The number of rotatable bonds is 7. The SMILES string of the molecule is Cc1cc(C(=O)COC(=O)c2ccc(COc3ccccc3)o2)c(C)c(C)c1C. The quantitative estimate of drug-likeness (QED) is 0.412. The van der Waals surface area contributed by atoms with E-state index in [-0.39, 0.29) is 24.8 Å². The molecule has 5 nitrogen and oxygen atoms in total. The van der Waals surface area contributed by atoms with Crippen molar-refractivity contribution in [1.82, 2.24) is 0 Å². The molecule has 0 aliphatic rings. The van der Waals surface area contributed by atoms with E-state index in [4.69, 9.17) is 13.9 Å². The normalized spacial score (nSPS) is 10.6. The van der Waals surface area contributed by atoms with Gasteiger partial charge in [-0.05, 0) is 80.3 Å². The maximum atomic E-state index is 12.6. The molecule has 2 aromatic carbocycles. The van der Waals surface area contributed by atoms with Crippen molar-refractivity contribution in [3.05, 3.63) is 87.9 Å². The smallest absolute Gasteiger partial charge is 0.374 e. The fraction of sp³-hybridized carbons (Fsp3) is 0.250. The van der Waals surface area contributed by atoms with Crippen LogP contribution in [0.2, 0.25) is 0 Å². The van der Waals surface area contributed by atoms with E-state index in [9.17, 15) is 9.59 Å². The molecule has 1 heterocycles. The Labute approximate surface area is 170 Å². The Kier molecular flexibility index (Phi) is 6.17. The molecule has 0 aliphatic heterocycles. The van der Waals surface area contributed by atoms with E-state index in [1.54, 1.807) is 6.07 Å². The molecule has 29 heavy (non-hydrogen) atoms. The number of para-hydroxylation sites is 1. The van der Waals surface area contributed by atoms with Gasteiger partial charge in [0.1, 0.15) is 18.1 Å². The number of hydrogen-bond acceptors (Lipinski definition) is 5. The molecule has 0 bridgehead atoms. The van der Waals surface area contributed by atoms with Gasteiger partial charge in [0.05, 0.1) is 0 Å². The van der Waals surface area contributed by atoms with Gasteiger partial charge in [-0.25, -0.2) is 4.79 Å². The van der Waals surface area contributed by atoms with E-state index >= 15 is 0 Å². The number of ketones is 1. The van der Waals surface area contributed by atoms with Crippen LogP contribution in [0, 0.1) is 27.7 Å². The second-order valence-corrected chi connectivity index (χ2v) is 6.98. The van der Waals surface area contributed by atoms with E-state index in [1.807, 2.05) is 64.1 Å². The van der Waals surface area contributed by atoms with Crippen molar-refractivity contribution in [2.75, 3.05) is 6.61 Å². The molecule has 150 valence electrons. The Balaban J connectivity index is 1.59. The van der Waals surface area contributed by atoms with E-state index in [0.29, 0.717) is 17.1 Å². The average Bonchev–Trinajstić information content (AvgIpc) is 3.21. The summed E-state index contributed by atoms with van der Waals surface area (Å²) in [4.78, 5) is 24.8. The molecule has 0 amide bonds. The lowest BCUT2D eigenvalue weighted by molar-refractivity contribution is 0.0440. The van der Waals surface area contributed by atoms with Crippen molar-refractivity contribution in [2.45, 2.75) is 34.3 Å². The zero-order valence-electron chi connectivity index (χ0n) is 17.1. The summed E-state index contributed by atoms with van der Waals surface area (Å²) >= 11 is 0. The van der Waals surface area contributed by atoms with Crippen molar-refractivity contribution in [1.29, 1.82) is 0 Å². The van der Waals surface area contributed by atoms with Crippen LogP contribution in [0.1, 0.15) is 48.9 Å². The Morgan fingerprint density at radius 3 is 2.34 bits per heavy atom. The molecule has 0 unspecified atom stereocenters. The Morgan fingerprint density at radius 1 is 0.897 bits per heavy atom. The molecule has 0 atom stereocenters. The van der Waals surface area contributed by atoms with Crippen LogP contribution < -0.4 is 4.74 Å². The lowest BCUT2D eigenvalue weighted by Gasteiger charge is -2.13. The third-order valence-electron chi connectivity index (χ3n) is 5.10. The van der Waals surface area contributed by atoms with Gasteiger partial charge in [-0.15, -0.1) is 0 Å². The zero-order valence-corrected chi connectivity index (χ0v) is 17.1. The Hall–Kier alpha value is -3.34. The number of carbonyl (C=O) groups is 2. The minimum atomic E-state index is -0.678. The Bertz CT molecular complexity index is 1030. The second kappa shape index (κ2) is 8.78. The number of aryl methyl sites for hydroxylation is 1. The first-order chi connectivity index (χ1) is 13.9. The fourth-order valence-corrected chi connectivity index (χ4v) is 3.02. The summed E-state index contributed by atoms with van der Waals surface area (Å²) in [6, 6.07) is 14.3. The highest BCUT2D eigenvalue weighted by molar-refractivity contribution is 6.00. The minimum Gasteiger partial charge on any atom is -0.486 e. The monoisotopic (exact) mass is 392 g/mol. The average molecular weight is 392 g/mol. The zero-order chi connectivity index (χ0) is 21.0. The molecule has 0 saturated carbocycles. The first-order valence-corrected chi connectivity index (χ1v) is 9.41. The van der Waals surface area contributed by atoms with Crippen molar-refractivity contribution >= 4 is 11.8 Å². The number of ether oxygens (including phenoxy) is 2. The van der Waals surface area contributed by atoms with Crippen molar-refractivity contribution in [2.24, 2.45) is 0 Å². The minimum absolute atomic E-state index is 0.0393. The van der Waals surface area contributed by atoms with Gasteiger partial charge in [-0.3, -0.25) is 4.79 Å². The fourth-order valence-electron chi connectivity index (χ4n) is 3.02. The first kappa shape index (κ1) is 20.4. The van der Waals surface area contributed by atoms with Gasteiger partial charge in [0.2, 0.25) is 11.5 Å². The summed E-state index contributed by atoms with van der Waals surface area (Å²) in [6.45, 7) is 7.74. The molecule has 5 heteroatoms. The first-order valence-electron chi connectivity index (χ1n) is 9.41. The number of esters is 1. The number of benzene rings is 2. The van der Waals surface area contributed by atoms with Crippen molar-refractivity contribution in [3.63, 3.8) is 0 Å². The van der Waals surface area contributed by atoms with E-state index in [0.717, 1.165) is 22.3 Å². The van der Waals surface area contributed by atoms with Crippen LogP contribution in [-0.2, 0) is 11.3 Å². The summed E-state index contributed by atoms with van der Waals surface area (Å²) in [6.07, 6.45) is 0. The van der Waals surface area contributed by atoms with E-state index < -0.39 is 5.97 Å². The summed E-state index contributed by atoms with van der Waals surface area (Å²) in [5.74, 6) is 0.326. The highest BCUT2D eigenvalue weighted by atomic mass is 16.5. The topological polar surface area (TPSA) is 65.7 Å². The van der Waals surface area contributed by atoms with Gasteiger partial charge >= 0.3 is 5.97 Å².